The molecule has 6 nitrogen and oxygen atoms in total. The van der Waals surface area contributed by atoms with Crippen LogP contribution in [0.15, 0.2) is 18.2 Å². The third-order valence-electron chi connectivity index (χ3n) is 3.95. The van der Waals surface area contributed by atoms with E-state index in [0.717, 1.165) is 6.42 Å². The van der Waals surface area contributed by atoms with E-state index in [-0.39, 0.29) is 17.9 Å². The Morgan fingerprint density at radius 2 is 2.04 bits per heavy atom. The van der Waals surface area contributed by atoms with Gasteiger partial charge >= 0.3 is 0 Å². The van der Waals surface area contributed by atoms with E-state index in [1.165, 1.54) is 4.90 Å². The predicted octanol–water partition coefficient (Wildman–Crippen LogP) is 1.79. The number of carbonyl (C=O) groups excluding carboxylic acids is 2. The summed E-state index contributed by atoms with van der Waals surface area (Å²) in [7, 11) is 4.97. The first-order chi connectivity index (χ1) is 11.0. The second-order valence-electron chi connectivity index (χ2n) is 5.69. The molecule has 1 aromatic rings. The SMILES string of the molecule is CCOc1ccc(C(=O)N2CCCC2C(=O)N(C)C)cc1OC. The fourth-order valence-electron chi connectivity index (χ4n) is 2.81. The molecule has 0 radical (unpaired) electrons. The van der Waals surface area contributed by atoms with Crippen molar-refractivity contribution in [2.45, 2.75) is 25.8 Å². The Morgan fingerprint density at radius 3 is 2.65 bits per heavy atom. The third kappa shape index (κ3) is 3.57. The van der Waals surface area contributed by atoms with Gasteiger partial charge in [0, 0.05) is 26.2 Å². The molecule has 0 aromatic heterocycles. The number of likely N-dealkylation sites (tertiary alicyclic amines) is 1. The van der Waals surface area contributed by atoms with Crippen LogP contribution in [-0.4, -0.2) is 62.0 Å². The van der Waals surface area contributed by atoms with Crippen molar-refractivity contribution in [3.63, 3.8) is 0 Å². The van der Waals surface area contributed by atoms with Crippen LogP contribution in [0, 0.1) is 0 Å². The fraction of sp³-hybridized carbons (Fsp3) is 0.529. The molecule has 1 unspecified atom stereocenters. The number of hydrogen-bond acceptors (Lipinski definition) is 4. The van der Waals surface area contributed by atoms with Crippen molar-refractivity contribution < 1.29 is 19.1 Å². The molecule has 0 N–H and O–H groups in total. The second kappa shape index (κ2) is 7.35. The standard InChI is InChI=1S/C17H24N2O4/c1-5-23-14-9-8-12(11-15(14)22-4)16(20)19-10-6-7-13(19)17(21)18(2)3/h8-9,11,13H,5-7,10H2,1-4H3. The summed E-state index contributed by atoms with van der Waals surface area (Å²) < 4.78 is 10.8. The van der Waals surface area contributed by atoms with Gasteiger partial charge in [0.05, 0.1) is 13.7 Å². The van der Waals surface area contributed by atoms with Gasteiger partial charge in [-0.2, -0.15) is 0 Å². The molecule has 2 amide bonds. The second-order valence-corrected chi connectivity index (χ2v) is 5.69. The number of methoxy groups -OCH3 is 1. The van der Waals surface area contributed by atoms with Crippen LogP contribution in [0.3, 0.4) is 0 Å². The monoisotopic (exact) mass is 320 g/mol. The van der Waals surface area contributed by atoms with Gasteiger partial charge in [0.15, 0.2) is 11.5 Å². The molecule has 126 valence electrons. The zero-order valence-electron chi connectivity index (χ0n) is 14.2. The smallest absolute Gasteiger partial charge is 0.254 e. The van der Waals surface area contributed by atoms with Gasteiger partial charge in [0.2, 0.25) is 5.91 Å². The number of nitrogens with zero attached hydrogens (tertiary/aromatic N) is 2. The van der Waals surface area contributed by atoms with Crippen molar-refractivity contribution in [3.05, 3.63) is 23.8 Å². The number of rotatable bonds is 5. The first-order valence-electron chi connectivity index (χ1n) is 7.82. The quantitative estimate of drug-likeness (QED) is 0.830. The lowest BCUT2D eigenvalue weighted by Gasteiger charge is -2.26. The number of hydrogen-bond donors (Lipinski definition) is 0. The largest absolute Gasteiger partial charge is 0.493 e. The van der Waals surface area contributed by atoms with E-state index in [0.29, 0.717) is 36.6 Å². The summed E-state index contributed by atoms with van der Waals surface area (Å²) in [6.07, 6.45) is 1.54. The van der Waals surface area contributed by atoms with E-state index in [4.69, 9.17) is 9.47 Å². The molecular weight excluding hydrogens is 296 g/mol. The number of benzene rings is 1. The molecule has 0 aliphatic carbocycles. The van der Waals surface area contributed by atoms with E-state index in [9.17, 15) is 9.59 Å². The van der Waals surface area contributed by atoms with Gasteiger partial charge in [0.1, 0.15) is 6.04 Å². The highest BCUT2D eigenvalue weighted by atomic mass is 16.5. The Balaban J connectivity index is 2.24. The zero-order valence-corrected chi connectivity index (χ0v) is 14.2. The number of carbonyl (C=O) groups is 2. The molecule has 0 saturated carbocycles. The van der Waals surface area contributed by atoms with Gasteiger partial charge in [-0.3, -0.25) is 9.59 Å². The van der Waals surface area contributed by atoms with Gasteiger partial charge in [-0.1, -0.05) is 0 Å². The first kappa shape index (κ1) is 17.1. The Morgan fingerprint density at radius 1 is 1.30 bits per heavy atom. The van der Waals surface area contributed by atoms with Crippen molar-refractivity contribution in [2.75, 3.05) is 34.4 Å². The average molecular weight is 320 g/mol. The summed E-state index contributed by atoms with van der Waals surface area (Å²) in [5.41, 5.74) is 0.503. The van der Waals surface area contributed by atoms with Gasteiger partial charge in [0.25, 0.3) is 5.91 Å². The molecule has 1 fully saturated rings. The lowest BCUT2D eigenvalue weighted by molar-refractivity contribution is -0.132. The minimum Gasteiger partial charge on any atom is -0.493 e. The van der Waals surface area contributed by atoms with Crippen LogP contribution >= 0.6 is 0 Å². The van der Waals surface area contributed by atoms with Crippen LogP contribution in [0.1, 0.15) is 30.1 Å². The van der Waals surface area contributed by atoms with E-state index in [2.05, 4.69) is 0 Å². The Kier molecular flexibility index (Phi) is 5.47. The van der Waals surface area contributed by atoms with E-state index in [1.807, 2.05) is 6.92 Å². The lowest BCUT2D eigenvalue weighted by atomic mass is 10.1. The molecule has 1 aliphatic rings. The van der Waals surface area contributed by atoms with Crippen LogP contribution in [-0.2, 0) is 4.79 Å². The Bertz CT molecular complexity index is 586. The van der Waals surface area contributed by atoms with Crippen LogP contribution < -0.4 is 9.47 Å². The summed E-state index contributed by atoms with van der Waals surface area (Å²) in [4.78, 5) is 28.2. The van der Waals surface area contributed by atoms with Crippen LogP contribution in [0.2, 0.25) is 0 Å². The summed E-state index contributed by atoms with van der Waals surface area (Å²) in [6.45, 7) is 3.01. The third-order valence-corrected chi connectivity index (χ3v) is 3.95. The van der Waals surface area contributed by atoms with Crippen molar-refractivity contribution in [1.82, 2.24) is 9.80 Å². The number of ether oxygens (including phenoxy) is 2. The zero-order chi connectivity index (χ0) is 17.0. The van der Waals surface area contributed by atoms with Gasteiger partial charge in [-0.15, -0.1) is 0 Å². The Hall–Kier alpha value is -2.24. The molecule has 0 bridgehead atoms. The summed E-state index contributed by atoms with van der Waals surface area (Å²) in [5.74, 6) is 0.944. The predicted molar refractivity (Wildman–Crippen MR) is 86.9 cm³/mol. The number of likely N-dealkylation sites (N-methyl/N-ethyl adjacent to an activating group) is 1. The highest BCUT2D eigenvalue weighted by Crippen LogP contribution is 2.30. The highest BCUT2D eigenvalue weighted by molar-refractivity contribution is 5.98. The molecule has 1 saturated heterocycles. The van der Waals surface area contributed by atoms with Crippen LogP contribution in [0.25, 0.3) is 0 Å². The van der Waals surface area contributed by atoms with Crippen LogP contribution in [0.5, 0.6) is 11.5 Å². The number of amides is 2. The Labute approximate surface area is 137 Å². The molecule has 6 heteroatoms. The minimum atomic E-state index is -0.380. The maximum atomic E-state index is 12.8. The van der Waals surface area contributed by atoms with Crippen molar-refractivity contribution in [2.24, 2.45) is 0 Å². The van der Waals surface area contributed by atoms with Crippen molar-refractivity contribution in [3.8, 4) is 11.5 Å². The minimum absolute atomic E-state index is 0.0336. The van der Waals surface area contributed by atoms with Crippen molar-refractivity contribution in [1.29, 1.82) is 0 Å². The highest BCUT2D eigenvalue weighted by Gasteiger charge is 2.35. The van der Waals surface area contributed by atoms with Gasteiger partial charge < -0.3 is 19.3 Å². The average Bonchev–Trinajstić information content (AvgIpc) is 3.03. The molecule has 1 aliphatic heterocycles. The van der Waals surface area contributed by atoms with Crippen molar-refractivity contribution >= 4 is 11.8 Å². The van der Waals surface area contributed by atoms with Crippen LogP contribution in [0.4, 0.5) is 0 Å². The van der Waals surface area contributed by atoms with Gasteiger partial charge in [-0.25, -0.2) is 0 Å². The molecule has 2 rings (SSSR count). The summed E-state index contributed by atoms with van der Waals surface area (Å²) >= 11 is 0. The molecule has 1 aromatic carbocycles. The summed E-state index contributed by atoms with van der Waals surface area (Å²) in [6, 6.07) is 4.73. The fourth-order valence-corrected chi connectivity index (χ4v) is 2.81. The molecule has 1 atom stereocenters. The maximum absolute atomic E-state index is 12.8. The van der Waals surface area contributed by atoms with Gasteiger partial charge in [-0.05, 0) is 38.0 Å². The summed E-state index contributed by atoms with van der Waals surface area (Å²) in [5, 5.41) is 0. The molecule has 23 heavy (non-hydrogen) atoms. The first-order valence-corrected chi connectivity index (χ1v) is 7.82. The molecular formula is C17H24N2O4. The molecule has 0 spiro atoms. The van der Waals surface area contributed by atoms with E-state index < -0.39 is 0 Å². The molecule has 1 heterocycles. The van der Waals surface area contributed by atoms with E-state index in [1.54, 1.807) is 44.3 Å². The maximum Gasteiger partial charge on any atom is 0.254 e. The lowest BCUT2D eigenvalue weighted by Crippen LogP contribution is -2.45. The van der Waals surface area contributed by atoms with E-state index >= 15 is 0 Å². The topological polar surface area (TPSA) is 59.1 Å². The normalized spacial score (nSPS) is 17.0.